The van der Waals surface area contributed by atoms with Crippen molar-refractivity contribution in [3.05, 3.63) is 241 Å². The van der Waals surface area contributed by atoms with Gasteiger partial charge in [-0.15, -0.1) is 0 Å². The molecule has 0 aliphatic carbocycles. The molecule has 0 aliphatic rings. The Balaban J connectivity index is 0.897. The monoisotopic (exact) mass is 848 g/mol. The van der Waals surface area contributed by atoms with Crippen LogP contribution in [0.2, 0.25) is 0 Å². The Labute approximate surface area is 386 Å². The molecule has 66 heavy (non-hydrogen) atoms. The van der Waals surface area contributed by atoms with E-state index in [0.717, 1.165) is 56.7 Å². The number of benzene rings is 9. The van der Waals surface area contributed by atoms with E-state index in [1.165, 1.54) is 66.3 Å². The first-order valence-corrected chi connectivity index (χ1v) is 22.6. The van der Waals surface area contributed by atoms with E-state index >= 15 is 0 Å². The number of aromatic nitrogens is 3. The lowest BCUT2D eigenvalue weighted by atomic mass is 9.92. The summed E-state index contributed by atoms with van der Waals surface area (Å²) in [6.07, 6.45) is 0. The molecule has 2 heterocycles. The summed E-state index contributed by atoms with van der Waals surface area (Å²) < 4.78 is 2.39. The molecule has 0 bridgehead atoms. The predicted molar refractivity (Wildman–Crippen MR) is 277 cm³/mol. The van der Waals surface area contributed by atoms with Crippen molar-refractivity contribution in [1.82, 2.24) is 14.5 Å². The fourth-order valence-electron chi connectivity index (χ4n) is 9.48. The van der Waals surface area contributed by atoms with E-state index in [4.69, 9.17) is 9.97 Å². The molecule has 0 saturated carbocycles. The lowest BCUT2D eigenvalue weighted by Crippen LogP contribution is -2.09. The first kappa shape index (κ1) is 40.4. The molecule has 2 aromatic heterocycles. The summed E-state index contributed by atoms with van der Waals surface area (Å²) in [6, 6.07) is 78.5. The summed E-state index contributed by atoms with van der Waals surface area (Å²) >= 11 is 0. The summed E-state index contributed by atoms with van der Waals surface area (Å²) in [5.74, 6) is 0.733. The van der Waals surface area contributed by atoms with Crippen LogP contribution < -0.4 is 4.90 Å². The minimum Gasteiger partial charge on any atom is -0.310 e. The zero-order valence-electron chi connectivity index (χ0n) is 37.6. The number of anilines is 3. The standard InChI is InChI=1S/C62H48N4/c1-41-15-13-17-48(35-41)58-40-59(64-62(63-58)49-18-14-16-42(2)36-49)56-38-43(3)55(37-44(56)4)47-27-25-45(26-28-47)46-29-31-52(32-30-46)66-60-24-12-11-23-54(60)57-39-53(33-34-61(57)66)65(50-19-7-5-8-20-50)51-21-9-6-10-22-51/h5-40H,1-4H3. The second kappa shape index (κ2) is 17.0. The molecular formula is C62H48N4. The molecule has 316 valence electrons. The van der Waals surface area contributed by atoms with E-state index < -0.39 is 0 Å². The van der Waals surface area contributed by atoms with Gasteiger partial charge < -0.3 is 9.47 Å². The molecule has 0 amide bonds. The minimum atomic E-state index is 0.733. The Morgan fingerprint density at radius 3 is 1.58 bits per heavy atom. The van der Waals surface area contributed by atoms with Crippen LogP contribution in [0, 0.1) is 27.7 Å². The first-order valence-electron chi connectivity index (χ1n) is 22.6. The largest absolute Gasteiger partial charge is 0.310 e. The highest BCUT2D eigenvalue weighted by Gasteiger charge is 2.18. The van der Waals surface area contributed by atoms with Gasteiger partial charge in [-0.2, -0.15) is 0 Å². The molecule has 0 saturated heterocycles. The maximum Gasteiger partial charge on any atom is 0.160 e. The van der Waals surface area contributed by atoms with Gasteiger partial charge in [0.1, 0.15) is 0 Å². The van der Waals surface area contributed by atoms with E-state index in [0.29, 0.717) is 0 Å². The molecule has 0 spiro atoms. The van der Waals surface area contributed by atoms with Gasteiger partial charge in [0.05, 0.1) is 22.4 Å². The third-order valence-corrected chi connectivity index (χ3v) is 12.8. The average molecular weight is 849 g/mol. The van der Waals surface area contributed by atoms with Crippen LogP contribution in [0.1, 0.15) is 22.3 Å². The molecular weight excluding hydrogens is 801 g/mol. The van der Waals surface area contributed by atoms with E-state index in [9.17, 15) is 0 Å². The number of hydrogen-bond donors (Lipinski definition) is 0. The van der Waals surface area contributed by atoms with Crippen LogP contribution in [0.25, 0.3) is 83.6 Å². The molecule has 0 N–H and O–H groups in total. The van der Waals surface area contributed by atoms with Crippen LogP contribution in [0.3, 0.4) is 0 Å². The molecule has 4 heteroatoms. The second-order valence-corrected chi connectivity index (χ2v) is 17.4. The predicted octanol–water partition coefficient (Wildman–Crippen LogP) is 16.6. The number of hydrogen-bond acceptors (Lipinski definition) is 3. The zero-order chi connectivity index (χ0) is 44.7. The van der Waals surface area contributed by atoms with Gasteiger partial charge in [0.25, 0.3) is 0 Å². The molecule has 0 aliphatic heterocycles. The van der Waals surface area contributed by atoms with Crippen molar-refractivity contribution in [1.29, 1.82) is 0 Å². The van der Waals surface area contributed by atoms with Gasteiger partial charge in [-0.3, -0.25) is 0 Å². The highest BCUT2D eigenvalue weighted by atomic mass is 15.1. The van der Waals surface area contributed by atoms with E-state index in [1.54, 1.807) is 0 Å². The van der Waals surface area contributed by atoms with Crippen LogP contribution in [-0.4, -0.2) is 14.5 Å². The van der Waals surface area contributed by atoms with Gasteiger partial charge in [-0.25, -0.2) is 9.97 Å². The summed E-state index contributed by atoms with van der Waals surface area (Å²) in [4.78, 5) is 12.6. The number of fused-ring (bicyclic) bond motifs is 3. The Kier molecular flexibility index (Phi) is 10.4. The van der Waals surface area contributed by atoms with Gasteiger partial charge in [0.2, 0.25) is 0 Å². The Hall–Kier alpha value is -8.34. The van der Waals surface area contributed by atoms with Gasteiger partial charge in [-0.1, -0.05) is 145 Å². The fourth-order valence-corrected chi connectivity index (χ4v) is 9.48. The number of nitrogens with zero attached hydrogens (tertiary/aromatic N) is 4. The third-order valence-electron chi connectivity index (χ3n) is 12.8. The van der Waals surface area contributed by atoms with Crippen LogP contribution in [0.5, 0.6) is 0 Å². The maximum absolute atomic E-state index is 5.18. The lowest BCUT2D eigenvalue weighted by Gasteiger charge is -2.25. The maximum atomic E-state index is 5.18. The minimum absolute atomic E-state index is 0.733. The first-order chi connectivity index (χ1) is 32.3. The van der Waals surface area contributed by atoms with Crippen LogP contribution >= 0.6 is 0 Å². The van der Waals surface area contributed by atoms with Crippen molar-refractivity contribution in [2.75, 3.05) is 4.90 Å². The van der Waals surface area contributed by atoms with Gasteiger partial charge in [0, 0.05) is 50.2 Å². The van der Waals surface area contributed by atoms with Crippen LogP contribution in [0.15, 0.2) is 218 Å². The molecule has 0 unspecified atom stereocenters. The van der Waals surface area contributed by atoms with E-state index in [2.05, 4.69) is 256 Å². The molecule has 11 aromatic rings. The number of rotatable bonds is 9. The summed E-state index contributed by atoms with van der Waals surface area (Å²) in [7, 11) is 0. The third kappa shape index (κ3) is 7.63. The van der Waals surface area contributed by atoms with Crippen molar-refractivity contribution in [3.63, 3.8) is 0 Å². The Morgan fingerprint density at radius 2 is 0.894 bits per heavy atom. The lowest BCUT2D eigenvalue weighted by molar-refractivity contribution is 1.17. The zero-order valence-corrected chi connectivity index (χ0v) is 37.6. The molecule has 9 aromatic carbocycles. The highest BCUT2D eigenvalue weighted by molar-refractivity contribution is 6.10. The summed E-state index contributed by atoms with van der Waals surface area (Å²) in [5, 5.41) is 2.44. The topological polar surface area (TPSA) is 34.0 Å². The van der Waals surface area contributed by atoms with Gasteiger partial charge >= 0.3 is 0 Å². The van der Waals surface area contributed by atoms with Crippen LogP contribution in [0.4, 0.5) is 17.1 Å². The summed E-state index contributed by atoms with van der Waals surface area (Å²) in [6.45, 7) is 8.62. The molecule has 0 fully saturated rings. The van der Waals surface area contributed by atoms with E-state index in [-0.39, 0.29) is 0 Å². The number of aryl methyl sites for hydroxylation is 4. The highest BCUT2D eigenvalue weighted by Crippen LogP contribution is 2.40. The molecule has 0 radical (unpaired) electrons. The molecule has 4 nitrogen and oxygen atoms in total. The Morgan fingerprint density at radius 1 is 0.348 bits per heavy atom. The quantitative estimate of drug-likeness (QED) is 0.145. The van der Waals surface area contributed by atoms with Crippen molar-refractivity contribution < 1.29 is 0 Å². The van der Waals surface area contributed by atoms with Crippen molar-refractivity contribution >= 4 is 38.9 Å². The van der Waals surface area contributed by atoms with Crippen molar-refractivity contribution in [2.24, 2.45) is 0 Å². The molecule has 0 atom stereocenters. The Bertz CT molecular complexity index is 3450. The normalized spacial score (nSPS) is 11.3. The number of para-hydroxylation sites is 3. The fraction of sp³-hybridized carbons (Fsp3) is 0.0645. The second-order valence-electron chi connectivity index (χ2n) is 17.4. The van der Waals surface area contributed by atoms with Gasteiger partial charge in [0.15, 0.2) is 5.82 Å². The summed E-state index contributed by atoms with van der Waals surface area (Å²) in [5.41, 5.74) is 21.4. The van der Waals surface area contributed by atoms with Crippen LogP contribution in [-0.2, 0) is 0 Å². The van der Waals surface area contributed by atoms with E-state index in [1.807, 2.05) is 0 Å². The smallest absolute Gasteiger partial charge is 0.160 e. The molecule has 11 rings (SSSR count). The van der Waals surface area contributed by atoms with Crippen molar-refractivity contribution in [3.8, 4) is 61.8 Å². The average Bonchev–Trinajstić information content (AvgIpc) is 3.69. The SMILES string of the molecule is Cc1cccc(-c2cc(-c3cc(C)c(-c4ccc(-c5ccc(-n6c7ccccc7c7cc(N(c8ccccc8)c8ccccc8)ccc76)cc5)cc4)cc3C)nc(-c3cccc(C)c3)n2)c1. The van der Waals surface area contributed by atoms with Crippen molar-refractivity contribution in [2.45, 2.75) is 27.7 Å². The van der Waals surface area contributed by atoms with Gasteiger partial charge in [-0.05, 0) is 146 Å².